The average molecular weight is 430 g/mol. The van der Waals surface area contributed by atoms with Crippen molar-refractivity contribution in [3.8, 4) is 17.4 Å². The van der Waals surface area contributed by atoms with Gasteiger partial charge < -0.3 is 24.4 Å². The zero-order chi connectivity index (χ0) is 21.8. The minimum Gasteiger partial charge on any atom is -0.494 e. The number of aromatic nitrogens is 2. The van der Waals surface area contributed by atoms with Crippen molar-refractivity contribution in [3.63, 3.8) is 0 Å². The molecule has 0 unspecified atom stereocenters. The largest absolute Gasteiger partial charge is 0.494 e. The molecule has 4 rings (SSSR count). The second-order valence-corrected chi connectivity index (χ2v) is 7.92. The van der Waals surface area contributed by atoms with Crippen LogP contribution >= 0.6 is 0 Å². The second-order valence-electron chi connectivity index (χ2n) is 7.92. The van der Waals surface area contributed by atoms with Crippen molar-refractivity contribution in [1.82, 2.24) is 19.0 Å². The summed E-state index contributed by atoms with van der Waals surface area (Å²) in [6, 6.07) is 5.60. The number of ether oxygens (including phenoxy) is 2. The number of hydrogen-bond acceptors (Lipinski definition) is 7. The number of nitrogens with one attached hydrogen (secondary N) is 1. The van der Waals surface area contributed by atoms with E-state index in [2.05, 4.69) is 22.3 Å². The summed E-state index contributed by atoms with van der Waals surface area (Å²) in [5.41, 5.74) is 4.36. The van der Waals surface area contributed by atoms with Gasteiger partial charge in [-0.15, -0.1) is 0 Å². The van der Waals surface area contributed by atoms with Crippen LogP contribution in [0.3, 0.4) is 0 Å². The summed E-state index contributed by atoms with van der Waals surface area (Å²) in [4.78, 5) is 17.6. The van der Waals surface area contributed by atoms with Crippen molar-refractivity contribution >= 4 is 5.70 Å². The van der Waals surface area contributed by atoms with E-state index >= 15 is 0 Å². The molecule has 0 aliphatic carbocycles. The number of benzene rings is 1. The second kappa shape index (κ2) is 9.49. The van der Waals surface area contributed by atoms with Gasteiger partial charge in [-0.25, -0.2) is 9.47 Å². The third-order valence-electron chi connectivity index (χ3n) is 5.73. The minimum absolute atomic E-state index is 0.0492. The lowest BCUT2D eigenvalue weighted by Gasteiger charge is -2.32. The summed E-state index contributed by atoms with van der Waals surface area (Å²) in [6.45, 7) is 8.49. The fourth-order valence-electron chi connectivity index (χ4n) is 3.94. The lowest BCUT2D eigenvalue weighted by atomic mass is 10.1. The van der Waals surface area contributed by atoms with Crippen LogP contribution in [0.4, 0.5) is 0 Å². The number of imidazole rings is 1. The number of hydrogen-bond donors (Lipinski definition) is 2. The maximum atomic E-state index is 12.9. The smallest absolute Gasteiger partial charge is 0.349 e. The standard InChI is InChI=1S/C22H31N5O4/c1-3-30-17-5-6-20-18(15-17)19(7-14-31-20)23-27-16-21(28)26(22(27)29)9-4-8-25-12-10-24(2)11-13-25/h5-7,15-16,23,28H,3-4,8-14H2,1-2H3. The first-order chi connectivity index (χ1) is 15.0. The number of aromatic hydroxyl groups is 1. The van der Waals surface area contributed by atoms with Gasteiger partial charge in [-0.3, -0.25) is 9.99 Å². The molecule has 0 atom stereocenters. The Kier molecular flexibility index (Phi) is 6.53. The van der Waals surface area contributed by atoms with E-state index in [4.69, 9.17) is 9.47 Å². The van der Waals surface area contributed by atoms with Gasteiger partial charge in [0.1, 0.15) is 18.1 Å². The molecule has 0 spiro atoms. The number of nitrogens with zero attached hydrogens (tertiary/aromatic N) is 4. The van der Waals surface area contributed by atoms with Crippen LogP contribution in [0.5, 0.6) is 17.4 Å². The molecule has 9 nitrogen and oxygen atoms in total. The van der Waals surface area contributed by atoms with Crippen molar-refractivity contribution in [3.05, 3.63) is 46.5 Å². The van der Waals surface area contributed by atoms with E-state index < -0.39 is 0 Å². The van der Waals surface area contributed by atoms with Gasteiger partial charge in [0.25, 0.3) is 0 Å². The summed E-state index contributed by atoms with van der Waals surface area (Å²) in [6.07, 6.45) is 4.09. The van der Waals surface area contributed by atoms with Crippen LogP contribution in [0.2, 0.25) is 0 Å². The van der Waals surface area contributed by atoms with Crippen LogP contribution < -0.4 is 20.6 Å². The zero-order valence-corrected chi connectivity index (χ0v) is 18.2. The van der Waals surface area contributed by atoms with Crippen molar-refractivity contribution in [2.24, 2.45) is 0 Å². The molecular weight excluding hydrogens is 398 g/mol. The maximum absolute atomic E-state index is 12.9. The molecule has 9 heteroatoms. The van der Waals surface area contributed by atoms with E-state index in [-0.39, 0.29) is 11.6 Å². The molecule has 2 aromatic rings. The van der Waals surface area contributed by atoms with Gasteiger partial charge >= 0.3 is 5.69 Å². The van der Waals surface area contributed by atoms with Gasteiger partial charge in [0.2, 0.25) is 5.88 Å². The highest BCUT2D eigenvalue weighted by atomic mass is 16.5. The quantitative estimate of drug-likeness (QED) is 0.656. The summed E-state index contributed by atoms with van der Waals surface area (Å²) >= 11 is 0. The molecule has 0 saturated carbocycles. The molecule has 168 valence electrons. The van der Waals surface area contributed by atoms with E-state index in [9.17, 15) is 9.90 Å². The van der Waals surface area contributed by atoms with Gasteiger partial charge in [-0.2, -0.15) is 0 Å². The Balaban J connectivity index is 1.43. The number of likely N-dealkylation sites (N-methyl/N-ethyl adjacent to an activating group) is 1. The lowest BCUT2D eigenvalue weighted by Crippen LogP contribution is -2.44. The van der Waals surface area contributed by atoms with Crippen molar-refractivity contribution in [1.29, 1.82) is 0 Å². The summed E-state index contributed by atoms with van der Waals surface area (Å²) in [5, 5.41) is 10.3. The predicted molar refractivity (Wildman–Crippen MR) is 119 cm³/mol. The first-order valence-corrected chi connectivity index (χ1v) is 10.8. The topological polar surface area (TPSA) is 84.1 Å². The fraction of sp³-hybridized carbons (Fsp3) is 0.500. The third kappa shape index (κ3) is 4.88. The molecule has 3 heterocycles. The van der Waals surface area contributed by atoms with Crippen LogP contribution in [0, 0.1) is 0 Å². The fourth-order valence-corrected chi connectivity index (χ4v) is 3.94. The van der Waals surface area contributed by atoms with Crippen molar-refractivity contribution in [2.45, 2.75) is 19.9 Å². The van der Waals surface area contributed by atoms with E-state index in [1.807, 2.05) is 31.2 Å². The van der Waals surface area contributed by atoms with Crippen molar-refractivity contribution in [2.75, 3.05) is 58.4 Å². The average Bonchev–Trinajstić information content (AvgIpc) is 3.03. The molecule has 31 heavy (non-hydrogen) atoms. The normalized spacial score (nSPS) is 17.0. The Morgan fingerprint density at radius 3 is 2.77 bits per heavy atom. The third-order valence-corrected chi connectivity index (χ3v) is 5.73. The van der Waals surface area contributed by atoms with Crippen LogP contribution in [0.15, 0.2) is 35.3 Å². The zero-order valence-electron chi connectivity index (χ0n) is 18.2. The molecule has 2 aliphatic heterocycles. The summed E-state index contributed by atoms with van der Waals surface area (Å²) < 4.78 is 14.0. The molecule has 0 amide bonds. The molecule has 1 saturated heterocycles. The van der Waals surface area contributed by atoms with Gasteiger partial charge in [0, 0.05) is 38.3 Å². The molecule has 1 aromatic heterocycles. The van der Waals surface area contributed by atoms with Crippen molar-refractivity contribution < 1.29 is 14.6 Å². The number of rotatable bonds is 8. The van der Waals surface area contributed by atoms with Crippen LogP contribution in [-0.4, -0.2) is 77.1 Å². The maximum Gasteiger partial charge on any atom is 0.349 e. The van der Waals surface area contributed by atoms with Crippen LogP contribution in [0.25, 0.3) is 5.70 Å². The summed E-state index contributed by atoms with van der Waals surface area (Å²) in [7, 11) is 2.13. The lowest BCUT2D eigenvalue weighted by molar-refractivity contribution is 0.151. The molecule has 0 bridgehead atoms. The highest BCUT2D eigenvalue weighted by molar-refractivity contribution is 5.76. The highest BCUT2D eigenvalue weighted by Gasteiger charge is 2.18. The molecule has 1 aromatic carbocycles. The predicted octanol–water partition coefficient (Wildman–Crippen LogP) is 1.37. The van der Waals surface area contributed by atoms with E-state index in [0.717, 1.165) is 61.9 Å². The number of fused-ring (bicyclic) bond motifs is 1. The van der Waals surface area contributed by atoms with Crippen LogP contribution in [-0.2, 0) is 6.54 Å². The highest BCUT2D eigenvalue weighted by Crippen LogP contribution is 2.32. The summed E-state index contributed by atoms with van der Waals surface area (Å²) in [5.74, 6) is 1.40. The van der Waals surface area contributed by atoms with Gasteiger partial charge in [-0.05, 0) is 51.2 Å². The Morgan fingerprint density at radius 1 is 1.19 bits per heavy atom. The molecular formula is C22H31N5O4. The molecule has 0 radical (unpaired) electrons. The first kappa shape index (κ1) is 21.3. The van der Waals surface area contributed by atoms with E-state index in [1.165, 1.54) is 15.4 Å². The Hall–Kier alpha value is -2.91. The van der Waals surface area contributed by atoms with Gasteiger partial charge in [-0.1, -0.05) is 0 Å². The first-order valence-electron chi connectivity index (χ1n) is 10.8. The van der Waals surface area contributed by atoms with Gasteiger partial charge in [0.15, 0.2) is 0 Å². The van der Waals surface area contributed by atoms with E-state index in [1.54, 1.807) is 0 Å². The molecule has 2 N–H and O–H groups in total. The Morgan fingerprint density at radius 2 is 2.00 bits per heavy atom. The molecule has 2 aliphatic rings. The van der Waals surface area contributed by atoms with Crippen LogP contribution in [0.1, 0.15) is 18.9 Å². The minimum atomic E-state index is -0.300. The Labute approximate surface area is 182 Å². The Bertz CT molecular complexity index is 988. The van der Waals surface area contributed by atoms with Gasteiger partial charge in [0.05, 0.1) is 18.5 Å². The SMILES string of the molecule is CCOc1ccc2c(c1)C(Nn1cc(O)n(CCCN3CCN(C)CC3)c1=O)=CCO2. The number of piperazine rings is 1. The molecule has 1 fully saturated rings. The van der Waals surface area contributed by atoms with E-state index in [0.29, 0.717) is 19.8 Å². The monoisotopic (exact) mass is 429 g/mol.